The minimum atomic E-state index is -2.24. The molecule has 0 saturated carbocycles. The molecule has 0 bridgehead atoms. The zero-order valence-corrected chi connectivity index (χ0v) is 24.5. The number of rotatable bonds is 11. The van der Waals surface area contributed by atoms with E-state index in [-0.39, 0.29) is 0 Å². The molecule has 2 unspecified atom stereocenters. The molecule has 0 saturated heterocycles. The van der Waals surface area contributed by atoms with E-state index in [1.165, 1.54) is 0 Å². The monoisotopic (exact) mass is 442 g/mol. The van der Waals surface area contributed by atoms with Gasteiger partial charge in [0.05, 0.1) is 0 Å². The molecule has 0 fully saturated rings. The highest BCUT2D eigenvalue weighted by Crippen LogP contribution is 2.28. The second kappa shape index (κ2) is 9.37. The Hall–Kier alpha value is 1.14. The van der Waals surface area contributed by atoms with E-state index in [1.54, 1.807) is 0 Å². The van der Waals surface area contributed by atoms with Gasteiger partial charge in [-0.1, -0.05) is 0 Å². The maximum absolute atomic E-state index is 6.71. The lowest BCUT2D eigenvalue weighted by atomic mass is 10.9. The van der Waals surface area contributed by atoms with Crippen molar-refractivity contribution in [1.82, 2.24) is 0 Å². The van der Waals surface area contributed by atoms with Crippen molar-refractivity contribution in [3.8, 4) is 0 Å². The Labute approximate surface area is 158 Å². The lowest BCUT2D eigenvalue weighted by molar-refractivity contribution is 0.325. The molecule has 4 nitrogen and oxygen atoms in total. The van der Waals surface area contributed by atoms with Crippen LogP contribution in [-0.2, 0) is 16.5 Å². The maximum Gasteiger partial charge on any atom is 0.315 e. The van der Waals surface area contributed by atoms with Crippen molar-refractivity contribution >= 4 is 51.8 Å². The SMILES string of the molecule is C[SiH](C)O[SiH](C)CC[Si](C)(O[Si](C)(C)C)O[Si](C)(C)O[Si](C)(C)C. The van der Waals surface area contributed by atoms with Crippen LogP contribution in [0.4, 0.5) is 0 Å². The van der Waals surface area contributed by atoms with E-state index in [1.807, 2.05) is 0 Å². The zero-order valence-electron chi connectivity index (χ0n) is 18.2. The van der Waals surface area contributed by atoms with Gasteiger partial charge in [-0.25, -0.2) is 0 Å². The van der Waals surface area contributed by atoms with Gasteiger partial charge in [0.2, 0.25) is 0 Å². The molecule has 0 radical (unpaired) electrons. The molecular weight excluding hydrogens is 401 g/mol. The summed E-state index contributed by atoms with van der Waals surface area (Å²) < 4.78 is 25.9. The molecule has 146 valence electrons. The molecule has 0 rings (SSSR count). The van der Waals surface area contributed by atoms with Crippen molar-refractivity contribution in [3.05, 3.63) is 0 Å². The second-order valence-corrected chi connectivity index (χ2v) is 31.4. The van der Waals surface area contributed by atoms with E-state index in [0.29, 0.717) is 0 Å². The highest BCUT2D eigenvalue weighted by molar-refractivity contribution is 6.89. The molecule has 0 heterocycles. The van der Waals surface area contributed by atoms with Crippen molar-refractivity contribution in [2.45, 2.75) is 90.7 Å². The molecule has 0 aliphatic rings. The summed E-state index contributed by atoms with van der Waals surface area (Å²) in [5.74, 6) is 0. The molecule has 0 aromatic carbocycles. The number of hydrogen-bond acceptors (Lipinski definition) is 4. The molecule has 0 aliphatic heterocycles. The van der Waals surface area contributed by atoms with Crippen LogP contribution < -0.4 is 0 Å². The molecule has 0 amide bonds. The standard InChI is InChI=1S/C14H42O4Si6/c1-19(2)15-20(3)13-14-24(12,17-22(7,8)9)18-23(10,11)16-21(4,5)6/h19-20H,13-14H2,1-12H3. The van der Waals surface area contributed by atoms with Gasteiger partial charge in [-0.15, -0.1) is 0 Å². The summed E-state index contributed by atoms with van der Waals surface area (Å²) in [4.78, 5) is 0. The van der Waals surface area contributed by atoms with Crippen LogP contribution in [0.5, 0.6) is 0 Å². The second-order valence-electron chi connectivity index (χ2n) is 9.60. The van der Waals surface area contributed by atoms with Crippen molar-refractivity contribution in [3.63, 3.8) is 0 Å². The summed E-state index contributed by atoms with van der Waals surface area (Å²) in [6, 6.07) is 2.19. The van der Waals surface area contributed by atoms with Crippen LogP contribution in [0, 0.1) is 0 Å². The predicted molar refractivity (Wildman–Crippen MR) is 122 cm³/mol. The molecule has 0 aromatic rings. The summed E-state index contributed by atoms with van der Waals surface area (Å²) in [6.45, 7) is 26.9. The average molecular weight is 443 g/mol. The molecule has 24 heavy (non-hydrogen) atoms. The van der Waals surface area contributed by atoms with E-state index in [2.05, 4.69) is 78.6 Å². The Balaban J connectivity index is 5.07. The van der Waals surface area contributed by atoms with Crippen LogP contribution in [0.1, 0.15) is 0 Å². The van der Waals surface area contributed by atoms with E-state index in [4.69, 9.17) is 16.5 Å². The van der Waals surface area contributed by atoms with E-state index in [9.17, 15) is 0 Å². The van der Waals surface area contributed by atoms with Crippen LogP contribution >= 0.6 is 0 Å². The Morgan fingerprint density at radius 3 is 1.50 bits per heavy atom. The highest BCUT2D eigenvalue weighted by Gasteiger charge is 2.44. The van der Waals surface area contributed by atoms with Gasteiger partial charge in [-0.2, -0.15) is 0 Å². The smallest absolute Gasteiger partial charge is 0.315 e. The average Bonchev–Trinajstić information content (AvgIpc) is 2.17. The Kier molecular flexibility index (Phi) is 9.82. The first-order valence-electron chi connectivity index (χ1n) is 9.19. The van der Waals surface area contributed by atoms with E-state index in [0.717, 1.165) is 12.1 Å². The first-order valence-corrected chi connectivity index (χ1v) is 26.6. The zero-order chi connectivity index (χ0) is 19.4. The van der Waals surface area contributed by atoms with Crippen molar-refractivity contribution in [2.75, 3.05) is 0 Å². The normalized spacial score (nSPS) is 17.9. The van der Waals surface area contributed by atoms with Crippen molar-refractivity contribution in [1.29, 1.82) is 0 Å². The summed E-state index contributed by atoms with van der Waals surface area (Å²) >= 11 is 0. The topological polar surface area (TPSA) is 36.9 Å². The van der Waals surface area contributed by atoms with Crippen LogP contribution in [0.25, 0.3) is 0 Å². The molecule has 0 N–H and O–H groups in total. The fourth-order valence-corrected chi connectivity index (χ4v) is 28.2. The molecule has 2 atom stereocenters. The number of hydrogen-bond donors (Lipinski definition) is 0. The van der Waals surface area contributed by atoms with Gasteiger partial charge in [0.25, 0.3) is 0 Å². The molecule has 0 aliphatic carbocycles. The van der Waals surface area contributed by atoms with Gasteiger partial charge in [0.15, 0.2) is 34.7 Å². The summed E-state index contributed by atoms with van der Waals surface area (Å²) in [6.07, 6.45) is 0. The Morgan fingerprint density at radius 2 is 1.12 bits per heavy atom. The summed E-state index contributed by atoms with van der Waals surface area (Å²) in [5, 5.41) is 0. The van der Waals surface area contributed by atoms with Gasteiger partial charge >= 0.3 is 17.1 Å². The fourth-order valence-electron chi connectivity index (χ4n) is 3.05. The fraction of sp³-hybridized carbons (Fsp3) is 1.00. The first kappa shape index (κ1) is 25.1. The van der Waals surface area contributed by atoms with E-state index < -0.39 is 51.8 Å². The minimum Gasteiger partial charge on any atom is -0.461 e. The van der Waals surface area contributed by atoms with Gasteiger partial charge in [0.1, 0.15) is 0 Å². The minimum absolute atomic E-state index is 0.934. The first-order chi connectivity index (χ1) is 10.4. The summed E-state index contributed by atoms with van der Waals surface area (Å²) in [7, 11) is -9.72. The van der Waals surface area contributed by atoms with Crippen LogP contribution in [0.3, 0.4) is 0 Å². The largest absolute Gasteiger partial charge is 0.461 e. The Morgan fingerprint density at radius 1 is 0.667 bits per heavy atom. The third-order valence-electron chi connectivity index (χ3n) is 3.05. The van der Waals surface area contributed by atoms with Crippen LogP contribution in [0.15, 0.2) is 0 Å². The van der Waals surface area contributed by atoms with Crippen LogP contribution in [-0.4, -0.2) is 51.8 Å². The third-order valence-corrected chi connectivity index (χ3v) is 22.2. The van der Waals surface area contributed by atoms with Gasteiger partial charge in [-0.3, -0.25) is 0 Å². The lowest BCUT2D eigenvalue weighted by Gasteiger charge is -2.41. The molecular formula is C14H42O4Si6. The third kappa shape index (κ3) is 13.4. The van der Waals surface area contributed by atoms with Gasteiger partial charge < -0.3 is 16.5 Å². The molecule has 0 aromatic heterocycles. The quantitative estimate of drug-likeness (QED) is 0.429. The lowest BCUT2D eigenvalue weighted by Crippen LogP contribution is -2.57. The molecule has 10 heteroatoms. The van der Waals surface area contributed by atoms with Crippen molar-refractivity contribution in [2.24, 2.45) is 0 Å². The van der Waals surface area contributed by atoms with Gasteiger partial charge in [-0.05, 0) is 90.7 Å². The highest BCUT2D eigenvalue weighted by atomic mass is 28.5. The predicted octanol–water partition coefficient (Wildman–Crippen LogP) is 4.83. The van der Waals surface area contributed by atoms with Crippen molar-refractivity contribution < 1.29 is 16.5 Å². The van der Waals surface area contributed by atoms with Gasteiger partial charge in [0, 0.05) is 0 Å². The Bertz CT molecular complexity index is 380. The maximum atomic E-state index is 6.71. The summed E-state index contributed by atoms with van der Waals surface area (Å²) in [5.41, 5.74) is 0. The van der Waals surface area contributed by atoms with Crippen LogP contribution in [0.2, 0.25) is 90.7 Å². The molecule has 0 spiro atoms. The van der Waals surface area contributed by atoms with E-state index >= 15 is 0 Å².